The Kier molecular flexibility index (Phi) is 6.25. The molecule has 0 radical (unpaired) electrons. The van der Waals surface area contributed by atoms with E-state index in [1.165, 1.54) is 55.2 Å². The molecule has 0 spiro atoms. The molecule has 0 bridgehead atoms. The third-order valence-electron chi connectivity index (χ3n) is 6.86. The van der Waals surface area contributed by atoms with Crippen LogP contribution in [0.25, 0.3) is 16.6 Å². The minimum Gasteiger partial charge on any atom is -0.361 e. The molecule has 0 saturated carbocycles. The van der Waals surface area contributed by atoms with Crippen LogP contribution in [0.15, 0.2) is 55.4 Å². The van der Waals surface area contributed by atoms with Crippen LogP contribution >= 0.6 is 0 Å². The van der Waals surface area contributed by atoms with E-state index in [1.807, 2.05) is 10.6 Å². The molecule has 4 aromatic rings. The molecule has 0 amide bonds. The molecule has 4 heterocycles. The highest BCUT2D eigenvalue weighted by molar-refractivity contribution is 5.85. The van der Waals surface area contributed by atoms with Gasteiger partial charge in [-0.15, -0.1) is 10.2 Å². The lowest BCUT2D eigenvalue weighted by molar-refractivity contribution is 0.170. The van der Waals surface area contributed by atoms with Crippen molar-refractivity contribution in [3.05, 3.63) is 66.6 Å². The molecular weight excluding hydrogens is 398 g/mol. The standard InChI is InChI=1S/C25H31N7/c1-19(24-6-3-11-27-30-24)16-31-12-9-20(10-13-31)4-2-5-21-15-26-25-8-7-22(14-23(21)25)32-17-28-29-18-32/h3,6-8,11,14-15,17-20,26H,2,4-5,9-10,12-13,16H2,1H3. The number of fused-ring (bicyclic) bond motifs is 1. The fourth-order valence-electron chi connectivity index (χ4n) is 4.96. The van der Waals surface area contributed by atoms with Crippen molar-refractivity contribution in [3.63, 3.8) is 0 Å². The lowest BCUT2D eigenvalue weighted by Crippen LogP contribution is -2.36. The Morgan fingerprint density at radius 2 is 1.94 bits per heavy atom. The van der Waals surface area contributed by atoms with Gasteiger partial charge in [-0.1, -0.05) is 13.3 Å². The van der Waals surface area contributed by atoms with Crippen molar-refractivity contribution in [1.29, 1.82) is 0 Å². The van der Waals surface area contributed by atoms with Crippen molar-refractivity contribution in [2.75, 3.05) is 19.6 Å². The van der Waals surface area contributed by atoms with Crippen LogP contribution in [0.1, 0.15) is 49.8 Å². The summed E-state index contributed by atoms with van der Waals surface area (Å²) in [5.41, 5.74) is 4.81. The maximum Gasteiger partial charge on any atom is 0.123 e. The molecule has 1 aliphatic rings. The van der Waals surface area contributed by atoms with Gasteiger partial charge < -0.3 is 9.88 Å². The Labute approximate surface area is 188 Å². The van der Waals surface area contributed by atoms with Crippen molar-refractivity contribution in [2.24, 2.45) is 5.92 Å². The summed E-state index contributed by atoms with van der Waals surface area (Å²) in [5.74, 6) is 1.28. The number of nitrogens with one attached hydrogen (secondary N) is 1. The van der Waals surface area contributed by atoms with Gasteiger partial charge in [-0.2, -0.15) is 10.2 Å². The van der Waals surface area contributed by atoms with Crippen LogP contribution in [0.2, 0.25) is 0 Å². The highest BCUT2D eigenvalue weighted by atomic mass is 15.2. The van der Waals surface area contributed by atoms with E-state index in [-0.39, 0.29) is 0 Å². The summed E-state index contributed by atoms with van der Waals surface area (Å²) in [6.07, 6.45) is 13.7. The van der Waals surface area contributed by atoms with Gasteiger partial charge in [0, 0.05) is 41.4 Å². The fourth-order valence-corrected chi connectivity index (χ4v) is 4.96. The molecule has 32 heavy (non-hydrogen) atoms. The van der Waals surface area contributed by atoms with Crippen molar-refractivity contribution in [1.82, 2.24) is 34.8 Å². The number of aromatic nitrogens is 6. The van der Waals surface area contributed by atoms with Crippen molar-refractivity contribution >= 4 is 10.9 Å². The van der Waals surface area contributed by atoms with Gasteiger partial charge in [0.2, 0.25) is 0 Å². The fraction of sp³-hybridized carbons (Fsp3) is 0.440. The topological polar surface area (TPSA) is 75.5 Å². The van der Waals surface area contributed by atoms with Gasteiger partial charge >= 0.3 is 0 Å². The van der Waals surface area contributed by atoms with Crippen LogP contribution in [-0.4, -0.2) is 54.5 Å². The predicted octanol–water partition coefficient (Wildman–Crippen LogP) is 4.38. The molecule has 7 nitrogen and oxygen atoms in total. The van der Waals surface area contributed by atoms with E-state index in [0.717, 1.165) is 30.3 Å². The molecule has 5 rings (SSSR count). The third-order valence-corrected chi connectivity index (χ3v) is 6.86. The van der Waals surface area contributed by atoms with Gasteiger partial charge in [0.1, 0.15) is 12.7 Å². The maximum absolute atomic E-state index is 4.28. The van der Waals surface area contributed by atoms with E-state index in [2.05, 4.69) is 67.7 Å². The Bertz CT molecular complexity index is 1110. The number of aryl methyl sites for hydroxylation is 1. The van der Waals surface area contributed by atoms with Crippen LogP contribution in [0, 0.1) is 5.92 Å². The molecule has 1 saturated heterocycles. The largest absolute Gasteiger partial charge is 0.361 e. The Morgan fingerprint density at radius 3 is 2.72 bits per heavy atom. The number of aromatic amines is 1. The number of benzene rings is 1. The van der Waals surface area contributed by atoms with E-state index in [4.69, 9.17) is 0 Å². The first-order chi connectivity index (χ1) is 15.8. The average molecular weight is 430 g/mol. The summed E-state index contributed by atoms with van der Waals surface area (Å²) in [7, 11) is 0. The lowest BCUT2D eigenvalue weighted by Gasteiger charge is -2.33. The third kappa shape index (κ3) is 4.72. The lowest BCUT2D eigenvalue weighted by atomic mass is 9.90. The van der Waals surface area contributed by atoms with Crippen LogP contribution in [-0.2, 0) is 6.42 Å². The van der Waals surface area contributed by atoms with Gasteiger partial charge in [0.25, 0.3) is 0 Å². The number of likely N-dealkylation sites (tertiary alicyclic amines) is 1. The molecule has 1 unspecified atom stereocenters. The first-order valence-electron chi connectivity index (χ1n) is 11.7. The number of piperidine rings is 1. The maximum atomic E-state index is 4.28. The molecular formula is C25H31N7. The van der Waals surface area contributed by atoms with Crippen molar-refractivity contribution in [2.45, 2.75) is 44.9 Å². The summed E-state index contributed by atoms with van der Waals surface area (Å²) in [5, 5.41) is 17.5. The number of nitrogens with zero attached hydrogens (tertiary/aromatic N) is 6. The van der Waals surface area contributed by atoms with Gasteiger partial charge in [0.05, 0.1) is 5.69 Å². The summed E-state index contributed by atoms with van der Waals surface area (Å²) in [4.78, 5) is 6.03. The van der Waals surface area contributed by atoms with E-state index in [9.17, 15) is 0 Å². The van der Waals surface area contributed by atoms with Crippen LogP contribution in [0.3, 0.4) is 0 Å². The van der Waals surface area contributed by atoms with Crippen LogP contribution < -0.4 is 0 Å². The van der Waals surface area contributed by atoms with Gasteiger partial charge in [0.15, 0.2) is 0 Å². The van der Waals surface area contributed by atoms with E-state index >= 15 is 0 Å². The zero-order chi connectivity index (χ0) is 21.8. The minimum absolute atomic E-state index is 0.435. The zero-order valence-corrected chi connectivity index (χ0v) is 18.7. The molecule has 7 heteroatoms. The summed E-state index contributed by atoms with van der Waals surface area (Å²) < 4.78 is 1.95. The highest BCUT2D eigenvalue weighted by Gasteiger charge is 2.21. The molecule has 1 fully saturated rings. The molecule has 1 aromatic carbocycles. The molecule has 1 atom stereocenters. The van der Waals surface area contributed by atoms with Crippen LogP contribution in [0.4, 0.5) is 0 Å². The van der Waals surface area contributed by atoms with Gasteiger partial charge in [-0.3, -0.25) is 4.57 Å². The van der Waals surface area contributed by atoms with E-state index in [0.29, 0.717) is 5.92 Å². The van der Waals surface area contributed by atoms with Crippen molar-refractivity contribution < 1.29 is 0 Å². The summed E-state index contributed by atoms with van der Waals surface area (Å²) in [6.45, 7) is 5.73. The molecule has 1 N–H and O–H groups in total. The molecule has 1 aliphatic heterocycles. The second-order valence-electron chi connectivity index (χ2n) is 9.10. The first kappa shape index (κ1) is 20.8. The quantitative estimate of drug-likeness (QED) is 0.450. The monoisotopic (exact) mass is 429 g/mol. The molecule has 166 valence electrons. The van der Waals surface area contributed by atoms with E-state index in [1.54, 1.807) is 18.9 Å². The van der Waals surface area contributed by atoms with Crippen molar-refractivity contribution in [3.8, 4) is 5.69 Å². The van der Waals surface area contributed by atoms with Gasteiger partial charge in [-0.25, -0.2) is 0 Å². The van der Waals surface area contributed by atoms with Crippen LogP contribution in [0.5, 0.6) is 0 Å². The Balaban J connectivity index is 1.10. The summed E-state index contributed by atoms with van der Waals surface area (Å²) in [6, 6.07) is 10.6. The second-order valence-corrected chi connectivity index (χ2v) is 9.10. The number of rotatable bonds is 8. The normalized spacial score (nSPS) is 16.5. The van der Waals surface area contributed by atoms with E-state index < -0.39 is 0 Å². The average Bonchev–Trinajstić information content (AvgIpc) is 3.51. The number of hydrogen-bond acceptors (Lipinski definition) is 5. The number of hydrogen-bond donors (Lipinski definition) is 1. The Morgan fingerprint density at radius 1 is 1.09 bits per heavy atom. The van der Waals surface area contributed by atoms with Gasteiger partial charge in [-0.05, 0) is 80.6 Å². The Hall–Kier alpha value is -3.06. The zero-order valence-electron chi connectivity index (χ0n) is 18.7. The summed E-state index contributed by atoms with van der Waals surface area (Å²) >= 11 is 0. The highest BCUT2D eigenvalue weighted by Crippen LogP contribution is 2.27. The predicted molar refractivity (Wildman–Crippen MR) is 126 cm³/mol. The molecule has 3 aromatic heterocycles. The first-order valence-corrected chi connectivity index (χ1v) is 11.7. The smallest absolute Gasteiger partial charge is 0.123 e. The second kappa shape index (κ2) is 9.61. The molecule has 0 aliphatic carbocycles. The minimum atomic E-state index is 0.435. The number of H-pyrrole nitrogens is 1. The SMILES string of the molecule is CC(CN1CCC(CCCc2c[nH]c3ccc(-n4cnnc4)cc23)CC1)c1cccnn1.